The number of nitrogens with zero attached hydrogens (tertiary/aromatic N) is 6. The Bertz CT molecular complexity index is 1210. The fourth-order valence-corrected chi connectivity index (χ4v) is 4.82. The molecule has 0 spiro atoms. The lowest BCUT2D eigenvalue weighted by atomic mass is 10.0. The highest BCUT2D eigenvalue weighted by Gasteiger charge is 2.28. The van der Waals surface area contributed by atoms with Crippen LogP contribution in [0.25, 0.3) is 0 Å². The lowest BCUT2D eigenvalue weighted by molar-refractivity contribution is 0.0744. The fourth-order valence-electron chi connectivity index (χ4n) is 4.82. The molecule has 1 saturated heterocycles. The van der Waals surface area contributed by atoms with E-state index in [9.17, 15) is 4.79 Å². The molecule has 178 valence electrons. The average Bonchev–Trinajstić information content (AvgIpc) is 3.32. The van der Waals surface area contributed by atoms with Crippen LogP contribution in [0.15, 0.2) is 91.9 Å². The van der Waals surface area contributed by atoms with Crippen molar-refractivity contribution in [1.82, 2.24) is 29.3 Å². The topological polar surface area (TPSA) is 67.2 Å². The van der Waals surface area contributed by atoms with Crippen LogP contribution < -0.4 is 0 Å². The van der Waals surface area contributed by atoms with Crippen molar-refractivity contribution in [2.24, 2.45) is 5.92 Å². The van der Waals surface area contributed by atoms with Gasteiger partial charge in [0.25, 0.3) is 5.91 Å². The molecule has 3 heterocycles. The molecule has 2 aromatic heterocycles. The molecule has 0 N–H and O–H groups in total. The van der Waals surface area contributed by atoms with Gasteiger partial charge < -0.3 is 9.47 Å². The normalized spacial score (nSPS) is 16.7. The van der Waals surface area contributed by atoms with Gasteiger partial charge in [-0.25, -0.2) is 4.98 Å². The van der Waals surface area contributed by atoms with E-state index in [0.29, 0.717) is 19.6 Å². The van der Waals surface area contributed by atoms with Gasteiger partial charge in [-0.3, -0.25) is 19.7 Å². The van der Waals surface area contributed by atoms with Gasteiger partial charge in [0.2, 0.25) is 0 Å². The molecule has 0 bridgehead atoms. The van der Waals surface area contributed by atoms with E-state index in [4.69, 9.17) is 0 Å². The molecule has 0 aliphatic carbocycles. The van der Waals surface area contributed by atoms with E-state index in [0.717, 1.165) is 42.9 Å². The quantitative estimate of drug-likeness (QED) is 0.417. The van der Waals surface area contributed by atoms with Crippen LogP contribution in [0.5, 0.6) is 0 Å². The average molecular weight is 467 g/mol. The molecule has 7 nitrogen and oxygen atoms in total. The Balaban J connectivity index is 1.37. The smallest absolute Gasteiger partial charge is 0.254 e. The molecule has 35 heavy (non-hydrogen) atoms. The van der Waals surface area contributed by atoms with Crippen LogP contribution in [0.4, 0.5) is 0 Å². The van der Waals surface area contributed by atoms with Crippen molar-refractivity contribution < 1.29 is 4.79 Å². The van der Waals surface area contributed by atoms with Crippen molar-refractivity contribution in [3.05, 3.63) is 114 Å². The zero-order chi connectivity index (χ0) is 23.9. The highest BCUT2D eigenvalue weighted by molar-refractivity contribution is 5.95. The first-order chi connectivity index (χ1) is 17.2. The Morgan fingerprint density at radius 1 is 0.886 bits per heavy atom. The lowest BCUT2D eigenvalue weighted by Gasteiger charge is -2.25. The molecule has 0 unspecified atom stereocenters. The van der Waals surface area contributed by atoms with Gasteiger partial charge in [0, 0.05) is 75.8 Å². The van der Waals surface area contributed by atoms with E-state index in [1.165, 1.54) is 5.56 Å². The number of aromatic nitrogens is 4. The number of carbonyl (C=O) groups excluding carboxylic acids is 1. The number of amides is 1. The summed E-state index contributed by atoms with van der Waals surface area (Å²) in [6.07, 6.45) is 11.5. The van der Waals surface area contributed by atoms with Gasteiger partial charge >= 0.3 is 0 Å². The maximum atomic E-state index is 13.8. The van der Waals surface area contributed by atoms with E-state index < -0.39 is 0 Å². The predicted molar refractivity (Wildman–Crippen MR) is 135 cm³/mol. The van der Waals surface area contributed by atoms with Gasteiger partial charge in [-0.15, -0.1) is 0 Å². The summed E-state index contributed by atoms with van der Waals surface area (Å²) in [5.41, 5.74) is 4.02. The van der Waals surface area contributed by atoms with Gasteiger partial charge in [-0.2, -0.15) is 0 Å². The van der Waals surface area contributed by atoms with Gasteiger partial charge in [-0.1, -0.05) is 48.5 Å². The van der Waals surface area contributed by atoms with Gasteiger partial charge in [0.1, 0.15) is 0 Å². The first-order valence-electron chi connectivity index (χ1n) is 12.1. The number of benzene rings is 2. The van der Waals surface area contributed by atoms with Crippen LogP contribution in [0.2, 0.25) is 0 Å². The number of hydrogen-bond donors (Lipinski definition) is 0. The van der Waals surface area contributed by atoms with Gasteiger partial charge in [0.05, 0.1) is 12.0 Å². The molecule has 4 aromatic rings. The van der Waals surface area contributed by atoms with Crippen molar-refractivity contribution in [2.45, 2.75) is 19.5 Å². The number of carbonyl (C=O) groups is 1. The van der Waals surface area contributed by atoms with Crippen LogP contribution in [-0.4, -0.2) is 61.4 Å². The predicted octanol–water partition coefficient (Wildman–Crippen LogP) is 3.54. The zero-order valence-electron chi connectivity index (χ0n) is 19.8. The summed E-state index contributed by atoms with van der Waals surface area (Å²) in [5, 5.41) is 0. The molecule has 0 radical (unpaired) electrons. The third-order valence-electron chi connectivity index (χ3n) is 6.49. The maximum Gasteiger partial charge on any atom is 0.254 e. The van der Waals surface area contributed by atoms with Crippen LogP contribution in [0, 0.1) is 5.92 Å². The van der Waals surface area contributed by atoms with Gasteiger partial charge in [0.15, 0.2) is 0 Å². The number of hydrogen-bond acceptors (Lipinski definition) is 5. The maximum absolute atomic E-state index is 13.8. The molecular formula is C28H30N6O. The van der Waals surface area contributed by atoms with E-state index in [-0.39, 0.29) is 11.8 Å². The summed E-state index contributed by atoms with van der Waals surface area (Å²) in [6, 6.07) is 18.4. The third kappa shape index (κ3) is 6.00. The molecule has 1 fully saturated rings. The minimum atomic E-state index is 0.0893. The number of rotatable bonds is 7. The highest BCUT2D eigenvalue weighted by atomic mass is 16.2. The Morgan fingerprint density at radius 3 is 2.54 bits per heavy atom. The van der Waals surface area contributed by atoms with Crippen molar-refractivity contribution >= 4 is 5.91 Å². The van der Waals surface area contributed by atoms with Crippen molar-refractivity contribution in [1.29, 1.82) is 0 Å². The minimum Gasteiger partial charge on any atom is -0.337 e. The number of imidazole rings is 1. The molecular weight excluding hydrogens is 436 g/mol. The SMILES string of the molecule is O=C(c1ccccc1Cn1ccnc1)N1CCN(Cc2ccccc2)C[C@@H](Cc2cnccn2)C1. The van der Waals surface area contributed by atoms with Crippen LogP contribution >= 0.6 is 0 Å². The molecule has 2 aromatic carbocycles. The molecule has 1 aliphatic rings. The van der Waals surface area contributed by atoms with Gasteiger partial charge in [-0.05, 0) is 29.5 Å². The van der Waals surface area contributed by atoms with E-state index in [1.807, 2.05) is 52.2 Å². The zero-order valence-corrected chi connectivity index (χ0v) is 19.8. The Hall–Kier alpha value is -3.84. The molecule has 7 heteroatoms. The first-order valence-corrected chi connectivity index (χ1v) is 12.1. The van der Waals surface area contributed by atoms with E-state index in [2.05, 4.69) is 44.1 Å². The van der Waals surface area contributed by atoms with Crippen molar-refractivity contribution in [3.8, 4) is 0 Å². The van der Waals surface area contributed by atoms with Crippen LogP contribution in [0.1, 0.15) is 27.2 Å². The summed E-state index contributed by atoms with van der Waals surface area (Å²) >= 11 is 0. The second-order valence-corrected chi connectivity index (χ2v) is 9.13. The summed E-state index contributed by atoms with van der Waals surface area (Å²) in [4.78, 5) is 31.2. The summed E-state index contributed by atoms with van der Waals surface area (Å²) in [6.45, 7) is 4.63. The Labute approximate surface area is 206 Å². The minimum absolute atomic E-state index is 0.0893. The summed E-state index contributed by atoms with van der Waals surface area (Å²) in [5.74, 6) is 0.356. The molecule has 5 rings (SSSR count). The largest absolute Gasteiger partial charge is 0.337 e. The van der Waals surface area contributed by atoms with Crippen molar-refractivity contribution in [3.63, 3.8) is 0 Å². The second-order valence-electron chi connectivity index (χ2n) is 9.13. The molecule has 1 aliphatic heterocycles. The van der Waals surface area contributed by atoms with Crippen LogP contribution in [0.3, 0.4) is 0 Å². The molecule has 1 atom stereocenters. The first kappa shape index (κ1) is 22.9. The standard InChI is InChI=1S/C28H30N6O/c35-28(27-9-5-4-8-25(27)21-33-13-12-30-22-33)34-15-14-32(18-23-6-2-1-3-7-23)19-24(20-34)16-26-17-29-10-11-31-26/h1-13,17,22,24H,14-16,18-21H2/t24-/m1/s1. The second kappa shape index (κ2) is 11.1. The van der Waals surface area contributed by atoms with Crippen LogP contribution in [-0.2, 0) is 19.5 Å². The fraction of sp³-hybridized carbons (Fsp3) is 0.286. The Morgan fingerprint density at radius 2 is 1.74 bits per heavy atom. The third-order valence-corrected chi connectivity index (χ3v) is 6.49. The highest BCUT2D eigenvalue weighted by Crippen LogP contribution is 2.20. The monoisotopic (exact) mass is 466 g/mol. The Kier molecular flexibility index (Phi) is 7.24. The summed E-state index contributed by atoms with van der Waals surface area (Å²) < 4.78 is 1.99. The summed E-state index contributed by atoms with van der Waals surface area (Å²) in [7, 11) is 0. The molecule has 1 amide bonds. The molecule has 0 saturated carbocycles. The van der Waals surface area contributed by atoms with Crippen molar-refractivity contribution in [2.75, 3.05) is 26.2 Å². The van der Waals surface area contributed by atoms with E-state index >= 15 is 0 Å². The lowest BCUT2D eigenvalue weighted by Crippen LogP contribution is -2.37. The van der Waals surface area contributed by atoms with E-state index in [1.54, 1.807) is 24.9 Å².